The molecule has 9 nitrogen and oxygen atoms in total. The average Bonchev–Trinajstić information content (AvgIpc) is 2.37. The lowest BCUT2D eigenvalue weighted by Crippen LogP contribution is -2.44. The first-order valence-corrected chi connectivity index (χ1v) is 6.79. The zero-order chi connectivity index (χ0) is 18.7. The molecule has 0 aromatic heterocycles. The van der Waals surface area contributed by atoms with Crippen molar-refractivity contribution in [3.8, 4) is 5.75 Å². The summed E-state index contributed by atoms with van der Waals surface area (Å²) in [4.78, 5) is 32.6. The Morgan fingerprint density at radius 3 is 2.46 bits per heavy atom. The van der Waals surface area contributed by atoms with Crippen LogP contribution >= 0.6 is 0 Å². The van der Waals surface area contributed by atoms with Crippen LogP contribution in [0.15, 0.2) is 12.1 Å². The Morgan fingerprint density at radius 2 is 2.00 bits per heavy atom. The van der Waals surface area contributed by atoms with E-state index in [-0.39, 0.29) is 5.56 Å². The quantitative estimate of drug-likeness (QED) is 0.548. The Balaban J connectivity index is 3.01. The number of halogens is 1. The van der Waals surface area contributed by atoms with Crippen LogP contribution in [0.1, 0.15) is 26.3 Å². The number of amides is 1. The average molecular weight is 344 g/mol. The zero-order valence-electron chi connectivity index (χ0n) is 13.2. The van der Waals surface area contributed by atoms with Crippen LogP contribution in [-0.4, -0.2) is 38.8 Å². The molecule has 1 aromatic rings. The van der Waals surface area contributed by atoms with Gasteiger partial charge in [0.25, 0.3) is 0 Å². The van der Waals surface area contributed by atoms with E-state index in [4.69, 9.17) is 9.84 Å². The molecule has 1 aromatic carbocycles. The number of alkyl carbamates (subject to hydrolysis) is 1. The van der Waals surface area contributed by atoms with E-state index in [1.807, 2.05) is 0 Å². The first-order chi connectivity index (χ1) is 10.9. The number of hydrogen-bond acceptors (Lipinski definition) is 6. The molecule has 132 valence electrons. The van der Waals surface area contributed by atoms with Gasteiger partial charge in [0.2, 0.25) is 5.82 Å². The summed E-state index contributed by atoms with van der Waals surface area (Å²) >= 11 is 0. The number of carboxylic acids is 1. The van der Waals surface area contributed by atoms with Crippen molar-refractivity contribution < 1.29 is 33.9 Å². The Labute approximate surface area is 136 Å². The fraction of sp³-hybridized carbons (Fsp3) is 0.429. The van der Waals surface area contributed by atoms with Gasteiger partial charge < -0.3 is 20.3 Å². The molecule has 3 N–H and O–H groups in total. The third-order valence-corrected chi connectivity index (χ3v) is 2.76. The second kappa shape index (κ2) is 7.11. The van der Waals surface area contributed by atoms with Gasteiger partial charge in [0, 0.05) is 24.1 Å². The summed E-state index contributed by atoms with van der Waals surface area (Å²) in [5.41, 5.74) is -1.97. The molecule has 0 fully saturated rings. The molecule has 10 heteroatoms. The molecule has 24 heavy (non-hydrogen) atoms. The number of carbonyl (C=O) groups excluding carboxylic acids is 1. The van der Waals surface area contributed by atoms with Crippen molar-refractivity contribution in [2.24, 2.45) is 0 Å². The largest absolute Gasteiger partial charge is 0.508 e. The number of phenols is 1. The van der Waals surface area contributed by atoms with Crippen molar-refractivity contribution in [3.63, 3.8) is 0 Å². The molecule has 0 aliphatic carbocycles. The van der Waals surface area contributed by atoms with Crippen LogP contribution < -0.4 is 5.32 Å². The molecule has 0 aliphatic rings. The van der Waals surface area contributed by atoms with Crippen LogP contribution in [0.25, 0.3) is 0 Å². The van der Waals surface area contributed by atoms with Crippen molar-refractivity contribution in [1.82, 2.24) is 5.32 Å². The highest BCUT2D eigenvalue weighted by Gasteiger charge is 2.27. The lowest BCUT2D eigenvalue weighted by molar-refractivity contribution is -0.387. The van der Waals surface area contributed by atoms with Gasteiger partial charge in [-0.3, -0.25) is 10.1 Å². The van der Waals surface area contributed by atoms with Gasteiger partial charge in [-0.25, -0.2) is 9.59 Å². The molecule has 1 rings (SSSR count). The van der Waals surface area contributed by atoms with Gasteiger partial charge in [-0.05, 0) is 20.8 Å². The van der Waals surface area contributed by atoms with Crippen LogP contribution in [0.4, 0.5) is 14.9 Å². The molecule has 0 aliphatic heterocycles. The van der Waals surface area contributed by atoms with Crippen LogP contribution in [0.3, 0.4) is 0 Å². The van der Waals surface area contributed by atoms with E-state index in [1.165, 1.54) is 0 Å². The van der Waals surface area contributed by atoms with Crippen molar-refractivity contribution in [3.05, 3.63) is 33.6 Å². The summed E-state index contributed by atoms with van der Waals surface area (Å²) in [6.45, 7) is 4.74. The van der Waals surface area contributed by atoms with E-state index in [9.17, 15) is 29.2 Å². The number of phenolic OH excluding ortho intramolecular Hbond substituents is 1. The number of carbonyl (C=O) groups is 2. The van der Waals surface area contributed by atoms with Gasteiger partial charge in [-0.15, -0.1) is 0 Å². The standard InChI is InChI=1S/C14H17FN2O7/c1-14(2,3)24-13(21)16-9(12(19)20)4-7-5-10(17(22)23)8(15)6-11(7)18/h5-6,9,18H,4H2,1-3H3,(H,16,21)(H,19,20). The smallest absolute Gasteiger partial charge is 0.408 e. The maximum Gasteiger partial charge on any atom is 0.408 e. The molecule has 0 saturated heterocycles. The number of hydrogen-bond donors (Lipinski definition) is 3. The molecule has 1 amide bonds. The number of nitrogens with zero attached hydrogens (tertiary/aromatic N) is 1. The van der Waals surface area contributed by atoms with Crippen molar-refractivity contribution >= 4 is 17.7 Å². The third-order valence-electron chi connectivity index (χ3n) is 2.76. The molecule has 0 radical (unpaired) electrons. The first kappa shape index (κ1) is 19.1. The van der Waals surface area contributed by atoms with Crippen LogP contribution in [0, 0.1) is 15.9 Å². The number of nitrogens with one attached hydrogen (secondary N) is 1. The number of nitro groups is 1. The Hall–Kier alpha value is -2.91. The van der Waals surface area contributed by atoms with Gasteiger partial charge in [-0.2, -0.15) is 4.39 Å². The number of nitro benzene ring substituents is 1. The van der Waals surface area contributed by atoms with Crippen LogP contribution in [-0.2, 0) is 16.0 Å². The predicted octanol–water partition coefficient (Wildman–Crippen LogP) is 1.96. The fourth-order valence-corrected chi connectivity index (χ4v) is 1.77. The number of carboxylic acid groups (broad SMARTS) is 1. The molecule has 0 bridgehead atoms. The first-order valence-electron chi connectivity index (χ1n) is 6.79. The van der Waals surface area contributed by atoms with E-state index in [0.717, 1.165) is 6.07 Å². The monoisotopic (exact) mass is 344 g/mol. The number of ether oxygens (including phenoxy) is 1. The number of benzene rings is 1. The maximum absolute atomic E-state index is 13.4. The molecule has 1 atom stereocenters. The highest BCUT2D eigenvalue weighted by atomic mass is 19.1. The number of aliphatic carboxylic acids is 1. The predicted molar refractivity (Wildman–Crippen MR) is 79.2 cm³/mol. The second-order valence-electron chi connectivity index (χ2n) is 5.93. The fourth-order valence-electron chi connectivity index (χ4n) is 1.77. The summed E-state index contributed by atoms with van der Waals surface area (Å²) in [6, 6.07) is -0.298. The SMILES string of the molecule is CC(C)(C)OC(=O)NC(Cc1cc([N+](=O)[O-])c(F)cc1O)C(=O)O. The van der Waals surface area contributed by atoms with Crippen LogP contribution in [0.2, 0.25) is 0 Å². The summed E-state index contributed by atoms with van der Waals surface area (Å²) < 4.78 is 18.3. The van der Waals surface area contributed by atoms with Gasteiger partial charge in [0.1, 0.15) is 17.4 Å². The highest BCUT2D eigenvalue weighted by molar-refractivity contribution is 5.80. The van der Waals surface area contributed by atoms with E-state index in [1.54, 1.807) is 20.8 Å². The van der Waals surface area contributed by atoms with Gasteiger partial charge >= 0.3 is 17.7 Å². The lowest BCUT2D eigenvalue weighted by Gasteiger charge is -2.22. The minimum Gasteiger partial charge on any atom is -0.508 e. The summed E-state index contributed by atoms with van der Waals surface area (Å²) in [7, 11) is 0. The highest BCUT2D eigenvalue weighted by Crippen LogP contribution is 2.27. The maximum atomic E-state index is 13.4. The molecular formula is C14H17FN2O7. The van der Waals surface area contributed by atoms with E-state index in [0.29, 0.717) is 6.07 Å². The summed E-state index contributed by atoms with van der Waals surface area (Å²) in [5, 5.41) is 31.6. The van der Waals surface area contributed by atoms with Crippen molar-refractivity contribution in [2.45, 2.75) is 38.8 Å². The second-order valence-corrected chi connectivity index (χ2v) is 5.93. The molecule has 0 saturated carbocycles. The zero-order valence-corrected chi connectivity index (χ0v) is 13.2. The van der Waals surface area contributed by atoms with Gasteiger partial charge in [0.05, 0.1) is 4.92 Å². The Kier molecular flexibility index (Phi) is 5.67. The molecule has 0 heterocycles. The van der Waals surface area contributed by atoms with E-state index < -0.39 is 52.3 Å². The molecule has 0 spiro atoms. The summed E-state index contributed by atoms with van der Waals surface area (Å²) in [6.07, 6.45) is -1.51. The Morgan fingerprint density at radius 1 is 1.42 bits per heavy atom. The van der Waals surface area contributed by atoms with E-state index >= 15 is 0 Å². The topological polar surface area (TPSA) is 139 Å². The molecular weight excluding hydrogens is 327 g/mol. The Bertz CT molecular complexity index is 670. The van der Waals surface area contributed by atoms with E-state index in [2.05, 4.69) is 5.32 Å². The third kappa shape index (κ3) is 5.38. The van der Waals surface area contributed by atoms with Crippen LogP contribution in [0.5, 0.6) is 5.75 Å². The normalized spacial score (nSPS) is 12.3. The minimum atomic E-state index is -1.53. The number of aromatic hydroxyl groups is 1. The van der Waals surface area contributed by atoms with Crippen molar-refractivity contribution in [2.75, 3.05) is 0 Å². The minimum absolute atomic E-state index is 0.202. The lowest BCUT2D eigenvalue weighted by atomic mass is 10.0. The van der Waals surface area contributed by atoms with Gasteiger partial charge in [-0.1, -0.05) is 0 Å². The summed E-state index contributed by atoms with van der Waals surface area (Å²) in [5.74, 6) is -3.36. The molecule has 1 unspecified atom stereocenters. The van der Waals surface area contributed by atoms with Gasteiger partial charge in [0.15, 0.2) is 0 Å². The van der Waals surface area contributed by atoms with Crippen molar-refractivity contribution in [1.29, 1.82) is 0 Å². The number of rotatable bonds is 5.